The summed E-state index contributed by atoms with van der Waals surface area (Å²) in [4.78, 5) is 0. The fourth-order valence-corrected chi connectivity index (χ4v) is 3.49. The second kappa shape index (κ2) is 8.18. The van der Waals surface area contributed by atoms with Crippen molar-refractivity contribution in [2.75, 3.05) is 0 Å². The van der Waals surface area contributed by atoms with E-state index in [0.29, 0.717) is 17.2 Å². The molecule has 0 saturated carbocycles. The molecule has 5 aromatic rings. The summed E-state index contributed by atoms with van der Waals surface area (Å²) in [6.45, 7) is -0.955. The van der Waals surface area contributed by atoms with Crippen molar-refractivity contribution in [2.24, 2.45) is 0 Å². The molecule has 0 heterocycles. The predicted molar refractivity (Wildman–Crippen MR) is 120 cm³/mol. The summed E-state index contributed by atoms with van der Waals surface area (Å²) in [7, 11) is 0. The molecule has 0 bridgehead atoms. The van der Waals surface area contributed by atoms with Crippen LogP contribution in [0.15, 0.2) is 115 Å². The Hall–Kier alpha value is -3.98. The van der Waals surface area contributed by atoms with Crippen LogP contribution in [0.5, 0.6) is 17.2 Å². The van der Waals surface area contributed by atoms with Crippen molar-refractivity contribution < 1.29 is 14.2 Å². The third-order valence-corrected chi connectivity index (χ3v) is 4.92. The number of fused-ring (bicyclic) bond motifs is 2. The van der Waals surface area contributed by atoms with Gasteiger partial charge in [-0.2, -0.15) is 0 Å². The number of ether oxygens (including phenoxy) is 3. The topological polar surface area (TPSA) is 27.7 Å². The molecule has 5 aromatic carbocycles. The Labute approximate surface area is 175 Å². The molecule has 0 amide bonds. The van der Waals surface area contributed by atoms with Gasteiger partial charge in [-0.3, -0.25) is 0 Å². The molecule has 0 aliphatic carbocycles. The van der Waals surface area contributed by atoms with Gasteiger partial charge in [-0.1, -0.05) is 91.0 Å². The van der Waals surface area contributed by atoms with E-state index in [0.717, 1.165) is 21.5 Å². The Morgan fingerprint density at radius 3 is 1.43 bits per heavy atom. The minimum atomic E-state index is -0.955. The van der Waals surface area contributed by atoms with Gasteiger partial charge in [0.05, 0.1) is 0 Å². The summed E-state index contributed by atoms with van der Waals surface area (Å²) >= 11 is 0. The third kappa shape index (κ3) is 3.78. The molecule has 3 nitrogen and oxygen atoms in total. The molecule has 146 valence electrons. The van der Waals surface area contributed by atoms with Crippen LogP contribution < -0.4 is 14.2 Å². The van der Waals surface area contributed by atoms with Gasteiger partial charge in [-0.25, -0.2) is 0 Å². The maximum atomic E-state index is 6.24. The number of benzene rings is 5. The highest BCUT2D eigenvalue weighted by molar-refractivity contribution is 5.89. The number of hydrogen-bond acceptors (Lipinski definition) is 3. The van der Waals surface area contributed by atoms with Gasteiger partial charge in [0.1, 0.15) is 17.2 Å². The zero-order valence-electron chi connectivity index (χ0n) is 16.3. The van der Waals surface area contributed by atoms with Crippen LogP contribution in [0.25, 0.3) is 21.5 Å². The van der Waals surface area contributed by atoms with E-state index in [-0.39, 0.29) is 0 Å². The van der Waals surface area contributed by atoms with Crippen LogP contribution in [0.3, 0.4) is 0 Å². The van der Waals surface area contributed by atoms with Gasteiger partial charge in [0, 0.05) is 10.8 Å². The molecule has 0 aliphatic rings. The largest absolute Gasteiger partial charge is 0.423 e. The van der Waals surface area contributed by atoms with Gasteiger partial charge in [0.25, 0.3) is 0 Å². The molecule has 0 spiro atoms. The number of hydrogen-bond donors (Lipinski definition) is 0. The fourth-order valence-electron chi connectivity index (χ4n) is 3.49. The van der Waals surface area contributed by atoms with Crippen molar-refractivity contribution in [2.45, 2.75) is 6.48 Å². The Morgan fingerprint density at radius 2 is 0.867 bits per heavy atom. The van der Waals surface area contributed by atoms with Gasteiger partial charge in [0.2, 0.25) is 0 Å². The molecule has 5 rings (SSSR count). The van der Waals surface area contributed by atoms with Crippen molar-refractivity contribution >= 4 is 21.5 Å². The summed E-state index contributed by atoms with van der Waals surface area (Å²) in [5.41, 5.74) is 0. The highest BCUT2D eigenvalue weighted by atomic mass is 16.8. The maximum Gasteiger partial charge on any atom is 0.406 e. The van der Waals surface area contributed by atoms with Crippen LogP contribution in [0.4, 0.5) is 0 Å². The summed E-state index contributed by atoms with van der Waals surface area (Å²) in [6.07, 6.45) is 0. The van der Waals surface area contributed by atoms with Crippen LogP contribution in [-0.2, 0) is 0 Å². The van der Waals surface area contributed by atoms with Crippen molar-refractivity contribution in [3.05, 3.63) is 115 Å². The quantitative estimate of drug-likeness (QED) is 0.297. The van der Waals surface area contributed by atoms with E-state index >= 15 is 0 Å². The van der Waals surface area contributed by atoms with Crippen LogP contribution in [-0.4, -0.2) is 6.48 Å². The molecule has 0 aromatic heterocycles. The lowest BCUT2D eigenvalue weighted by Crippen LogP contribution is -2.30. The predicted octanol–water partition coefficient (Wildman–Crippen LogP) is 6.81. The summed E-state index contributed by atoms with van der Waals surface area (Å²) in [5.74, 6) is 2.08. The minimum absolute atomic E-state index is 0.669. The van der Waals surface area contributed by atoms with Crippen molar-refractivity contribution in [3.8, 4) is 17.2 Å². The van der Waals surface area contributed by atoms with Crippen LogP contribution in [0, 0.1) is 0 Å². The third-order valence-electron chi connectivity index (χ3n) is 4.92. The summed E-state index contributed by atoms with van der Waals surface area (Å²) < 4.78 is 18.6. The number of para-hydroxylation sites is 1. The van der Waals surface area contributed by atoms with E-state index in [1.165, 1.54) is 0 Å². The fraction of sp³-hybridized carbons (Fsp3) is 0.0370. The van der Waals surface area contributed by atoms with Gasteiger partial charge in [-0.15, -0.1) is 0 Å². The van der Waals surface area contributed by atoms with Gasteiger partial charge in [0.15, 0.2) is 0 Å². The summed E-state index contributed by atoms with van der Waals surface area (Å²) in [5, 5.41) is 4.20. The molecule has 30 heavy (non-hydrogen) atoms. The lowest BCUT2D eigenvalue weighted by molar-refractivity contribution is -0.138. The number of rotatable bonds is 6. The molecular weight excluding hydrogens is 372 g/mol. The molecule has 0 fully saturated rings. The highest BCUT2D eigenvalue weighted by Crippen LogP contribution is 2.30. The lowest BCUT2D eigenvalue weighted by Gasteiger charge is -2.22. The van der Waals surface area contributed by atoms with Gasteiger partial charge >= 0.3 is 6.48 Å². The first-order valence-electron chi connectivity index (χ1n) is 9.87. The van der Waals surface area contributed by atoms with Crippen molar-refractivity contribution in [3.63, 3.8) is 0 Å². The Kier molecular flexibility index (Phi) is 4.93. The molecule has 0 atom stereocenters. The van der Waals surface area contributed by atoms with Crippen LogP contribution in [0.1, 0.15) is 0 Å². The second-order valence-electron chi connectivity index (χ2n) is 6.91. The lowest BCUT2D eigenvalue weighted by atomic mass is 10.1. The molecule has 0 saturated heterocycles. The second-order valence-corrected chi connectivity index (χ2v) is 6.91. The zero-order chi connectivity index (χ0) is 20.2. The molecule has 0 radical (unpaired) electrons. The average molecular weight is 392 g/mol. The Morgan fingerprint density at radius 1 is 0.400 bits per heavy atom. The Balaban J connectivity index is 1.51. The molecule has 3 heteroatoms. The normalized spacial score (nSPS) is 11.0. The van der Waals surface area contributed by atoms with E-state index in [4.69, 9.17) is 14.2 Å². The SMILES string of the molecule is c1ccc(OC(Oc2cccc3ccccc23)Oc2cccc3ccccc23)cc1. The van der Waals surface area contributed by atoms with E-state index in [9.17, 15) is 0 Å². The molecular formula is C27H20O3. The van der Waals surface area contributed by atoms with Gasteiger partial charge in [-0.05, 0) is 35.0 Å². The van der Waals surface area contributed by atoms with Gasteiger partial charge < -0.3 is 14.2 Å². The van der Waals surface area contributed by atoms with E-state index in [1.54, 1.807) is 0 Å². The average Bonchev–Trinajstić information content (AvgIpc) is 2.80. The van der Waals surface area contributed by atoms with E-state index in [1.807, 2.05) is 91.0 Å². The molecule has 0 aliphatic heterocycles. The van der Waals surface area contributed by atoms with Crippen molar-refractivity contribution in [1.82, 2.24) is 0 Å². The molecule has 0 N–H and O–H groups in total. The molecule has 0 unspecified atom stereocenters. The van der Waals surface area contributed by atoms with Crippen LogP contribution in [0.2, 0.25) is 0 Å². The highest BCUT2D eigenvalue weighted by Gasteiger charge is 2.17. The first-order chi connectivity index (χ1) is 14.9. The smallest absolute Gasteiger partial charge is 0.406 e. The first kappa shape index (κ1) is 18.1. The van der Waals surface area contributed by atoms with Crippen molar-refractivity contribution in [1.29, 1.82) is 0 Å². The zero-order valence-corrected chi connectivity index (χ0v) is 16.3. The standard InChI is InChI=1S/C27H20O3/c1-2-14-22(15-3-1)28-27(29-25-18-8-12-20-10-4-6-16-23(20)25)30-26-19-9-13-21-11-5-7-17-24(21)26/h1-19,27H. The van der Waals surface area contributed by atoms with E-state index < -0.39 is 6.48 Å². The maximum absolute atomic E-state index is 6.24. The Bertz CT molecular complexity index is 1190. The first-order valence-corrected chi connectivity index (χ1v) is 9.87. The monoisotopic (exact) mass is 392 g/mol. The van der Waals surface area contributed by atoms with Crippen LogP contribution >= 0.6 is 0 Å². The van der Waals surface area contributed by atoms with E-state index in [2.05, 4.69) is 24.3 Å². The summed E-state index contributed by atoms with van der Waals surface area (Å²) in [6, 6.07) is 37.6. The minimum Gasteiger partial charge on any atom is -0.423 e.